The van der Waals surface area contributed by atoms with Gasteiger partial charge in [0.25, 0.3) is 0 Å². The molecule has 8 N–H and O–H groups in total. The molecule has 1 fully saturated rings. The number of hydrogen-bond donors (Lipinski definition) is 6. The van der Waals surface area contributed by atoms with E-state index in [2.05, 4.69) is 21.8 Å². The van der Waals surface area contributed by atoms with Crippen LogP contribution in [0, 0.1) is 5.41 Å². The summed E-state index contributed by atoms with van der Waals surface area (Å²) in [5.74, 6) is -1.58. The van der Waals surface area contributed by atoms with Crippen molar-refractivity contribution >= 4 is 23.9 Å². The number of carbonyl (C=O) groups excluding carboxylic acids is 2. The number of hydrogen-bond acceptors (Lipinski definition) is 5. The van der Waals surface area contributed by atoms with Gasteiger partial charge >= 0.3 is 12.0 Å². The lowest BCUT2D eigenvalue weighted by molar-refractivity contribution is -0.117. The third-order valence-corrected chi connectivity index (χ3v) is 1.55. The summed E-state index contributed by atoms with van der Waals surface area (Å²) in [6.07, 6.45) is 1.45. The average molecular weight is 282 g/mol. The van der Waals surface area contributed by atoms with Crippen molar-refractivity contribution in [1.82, 2.24) is 15.6 Å². The summed E-state index contributed by atoms with van der Waals surface area (Å²) in [4.78, 5) is 33.8. The molecule has 1 aromatic rings. The third kappa shape index (κ3) is 8.92. The molecule has 3 amide bonds. The number of nitrogens with one attached hydrogen (secondary N) is 3. The van der Waals surface area contributed by atoms with Gasteiger partial charge in [0.1, 0.15) is 5.69 Å². The molecule has 1 aliphatic heterocycles. The first-order valence-electron chi connectivity index (χ1n) is 5.14. The number of rotatable bonds is 1. The highest BCUT2D eigenvalue weighted by Crippen LogP contribution is 1.90. The molecule has 0 atom stereocenters. The Morgan fingerprint density at radius 2 is 1.95 bits per heavy atom. The quantitative estimate of drug-likeness (QED) is 0.204. The lowest BCUT2D eigenvalue weighted by Gasteiger charge is -1.87. The van der Waals surface area contributed by atoms with E-state index < -0.39 is 12.0 Å². The second-order valence-electron chi connectivity index (χ2n) is 3.21. The van der Waals surface area contributed by atoms with Crippen molar-refractivity contribution in [3.05, 3.63) is 30.1 Å². The lowest BCUT2D eigenvalue weighted by atomic mass is 10.4. The van der Waals surface area contributed by atoms with E-state index in [9.17, 15) is 14.4 Å². The molecule has 1 aliphatic rings. The highest BCUT2D eigenvalue weighted by molar-refractivity contribution is 6.01. The van der Waals surface area contributed by atoms with Gasteiger partial charge in [-0.2, -0.15) is 0 Å². The Labute approximate surface area is 113 Å². The molecule has 2 heterocycles. The van der Waals surface area contributed by atoms with Crippen LogP contribution in [0.4, 0.5) is 4.79 Å². The first-order valence-corrected chi connectivity index (χ1v) is 5.14. The van der Waals surface area contributed by atoms with Gasteiger partial charge in [-0.1, -0.05) is 6.07 Å². The Bertz CT molecular complexity index is 472. The largest absolute Gasteiger partial charge is 0.477 e. The van der Waals surface area contributed by atoms with E-state index in [-0.39, 0.29) is 24.1 Å². The molecule has 0 radical (unpaired) electrons. The van der Waals surface area contributed by atoms with Crippen molar-refractivity contribution < 1.29 is 19.5 Å². The molecule has 1 saturated heterocycles. The van der Waals surface area contributed by atoms with Crippen molar-refractivity contribution in [2.45, 2.75) is 0 Å². The van der Waals surface area contributed by atoms with Gasteiger partial charge < -0.3 is 21.9 Å². The van der Waals surface area contributed by atoms with E-state index >= 15 is 0 Å². The highest BCUT2D eigenvalue weighted by atomic mass is 16.4. The third-order valence-electron chi connectivity index (χ3n) is 1.55. The molecule has 0 spiro atoms. The zero-order valence-electron chi connectivity index (χ0n) is 10.3. The molecule has 108 valence electrons. The fourth-order valence-corrected chi connectivity index (χ4v) is 0.865. The van der Waals surface area contributed by atoms with E-state index in [0.717, 1.165) is 0 Å². The number of aromatic nitrogens is 1. The normalized spacial score (nSPS) is 11.8. The molecule has 0 unspecified atom stereocenters. The van der Waals surface area contributed by atoms with E-state index in [0.29, 0.717) is 0 Å². The van der Waals surface area contributed by atoms with E-state index in [1.165, 1.54) is 12.3 Å². The highest BCUT2D eigenvalue weighted by Gasteiger charge is 2.14. The summed E-state index contributed by atoms with van der Waals surface area (Å²) in [7, 11) is 0. The molecule has 2 rings (SSSR count). The van der Waals surface area contributed by atoms with Gasteiger partial charge in [-0.15, -0.1) is 0 Å². The maximum Gasteiger partial charge on any atom is 0.354 e. The molecular weight excluding hydrogens is 268 g/mol. The standard InChI is InChI=1S/C6H5NO2.C3H4N2O2.CH5N3/c8-6(9)5-3-1-2-4-7-5;6-2-1-4-3(7)5-2;2-1(3)4/h1-4H,(H,8,9);1H2,(H2,4,5,6,7);(H5,2,3,4). The summed E-state index contributed by atoms with van der Waals surface area (Å²) >= 11 is 0. The van der Waals surface area contributed by atoms with Crippen LogP contribution in [0.3, 0.4) is 0 Å². The minimum atomic E-state index is -0.990. The number of nitrogens with zero attached hydrogens (tertiary/aromatic N) is 1. The number of imide groups is 1. The number of pyridine rings is 1. The van der Waals surface area contributed by atoms with Crippen LogP contribution in [0.1, 0.15) is 10.5 Å². The minimum Gasteiger partial charge on any atom is -0.477 e. The molecule has 10 heteroatoms. The Morgan fingerprint density at radius 3 is 2.15 bits per heavy atom. The fraction of sp³-hybridized carbons (Fsp3) is 0.100. The monoisotopic (exact) mass is 282 g/mol. The predicted octanol–water partition coefficient (Wildman–Crippen LogP) is -1.56. The number of amides is 3. The molecule has 0 aliphatic carbocycles. The predicted molar refractivity (Wildman–Crippen MR) is 68.8 cm³/mol. The number of urea groups is 1. The second-order valence-corrected chi connectivity index (χ2v) is 3.21. The van der Waals surface area contributed by atoms with Crippen LogP contribution in [0.25, 0.3) is 0 Å². The maximum absolute atomic E-state index is 10.1. The molecule has 10 nitrogen and oxygen atoms in total. The van der Waals surface area contributed by atoms with Crippen LogP contribution < -0.4 is 22.1 Å². The van der Waals surface area contributed by atoms with Crippen molar-refractivity contribution in [2.24, 2.45) is 11.5 Å². The zero-order valence-corrected chi connectivity index (χ0v) is 10.3. The maximum atomic E-state index is 10.1. The van der Waals surface area contributed by atoms with Gasteiger partial charge in [-0.3, -0.25) is 15.5 Å². The van der Waals surface area contributed by atoms with Gasteiger partial charge in [0.05, 0.1) is 6.54 Å². The van der Waals surface area contributed by atoms with Crippen molar-refractivity contribution in [3.8, 4) is 0 Å². The first kappa shape index (κ1) is 16.8. The topological polar surface area (TPSA) is 184 Å². The Balaban J connectivity index is 0.000000293. The summed E-state index contributed by atoms with van der Waals surface area (Å²) in [5, 5.41) is 18.7. The van der Waals surface area contributed by atoms with E-state index in [1.807, 2.05) is 5.32 Å². The van der Waals surface area contributed by atoms with Gasteiger partial charge in [-0.25, -0.2) is 14.6 Å². The SMILES string of the molecule is N=C(N)N.O=C(O)c1ccccn1.O=C1CNC(=O)N1. The smallest absolute Gasteiger partial charge is 0.354 e. The number of carboxylic acid groups (broad SMARTS) is 1. The van der Waals surface area contributed by atoms with Crippen LogP contribution in [0.15, 0.2) is 24.4 Å². The molecule has 0 saturated carbocycles. The van der Waals surface area contributed by atoms with Crippen LogP contribution >= 0.6 is 0 Å². The number of nitrogens with two attached hydrogens (primary N) is 2. The molecule has 20 heavy (non-hydrogen) atoms. The summed E-state index contributed by atoms with van der Waals surface area (Å²) in [5.41, 5.74) is 9.03. The fourth-order valence-electron chi connectivity index (χ4n) is 0.865. The number of carboxylic acids is 1. The van der Waals surface area contributed by atoms with Gasteiger partial charge in [0.2, 0.25) is 5.91 Å². The van der Waals surface area contributed by atoms with Gasteiger partial charge in [0.15, 0.2) is 5.96 Å². The molecular formula is C10H14N6O4. The van der Waals surface area contributed by atoms with Crippen LogP contribution in [0.2, 0.25) is 0 Å². The number of carbonyl (C=O) groups is 3. The van der Waals surface area contributed by atoms with Crippen LogP contribution in [0.5, 0.6) is 0 Å². The summed E-state index contributed by atoms with van der Waals surface area (Å²) in [6.45, 7) is 0.124. The second kappa shape index (κ2) is 8.85. The van der Waals surface area contributed by atoms with Gasteiger partial charge in [-0.05, 0) is 12.1 Å². The Morgan fingerprint density at radius 1 is 1.35 bits per heavy atom. The molecule has 0 aromatic carbocycles. The molecule has 1 aromatic heterocycles. The summed E-state index contributed by atoms with van der Waals surface area (Å²) < 4.78 is 0. The first-order chi connectivity index (χ1) is 9.32. The van der Waals surface area contributed by atoms with Gasteiger partial charge in [0, 0.05) is 6.20 Å². The van der Waals surface area contributed by atoms with Crippen LogP contribution in [-0.4, -0.2) is 40.5 Å². The zero-order chi connectivity index (χ0) is 15.5. The van der Waals surface area contributed by atoms with Crippen molar-refractivity contribution in [1.29, 1.82) is 5.41 Å². The van der Waals surface area contributed by atoms with Crippen molar-refractivity contribution in [3.63, 3.8) is 0 Å². The van der Waals surface area contributed by atoms with E-state index in [1.54, 1.807) is 12.1 Å². The Kier molecular flexibility index (Phi) is 7.45. The number of aromatic carboxylic acids is 1. The Hall–Kier alpha value is -3.17. The molecule has 0 bridgehead atoms. The van der Waals surface area contributed by atoms with E-state index in [4.69, 9.17) is 10.5 Å². The van der Waals surface area contributed by atoms with Crippen molar-refractivity contribution in [2.75, 3.05) is 6.54 Å². The minimum absolute atomic E-state index is 0.0810. The average Bonchev–Trinajstić information content (AvgIpc) is 2.74. The number of guanidine groups is 1. The summed E-state index contributed by atoms with van der Waals surface area (Å²) in [6, 6.07) is 4.36. The lowest BCUT2D eigenvalue weighted by Crippen LogP contribution is -2.22. The van der Waals surface area contributed by atoms with Crippen LogP contribution in [-0.2, 0) is 4.79 Å².